The van der Waals surface area contributed by atoms with Crippen LogP contribution in [0.4, 0.5) is 17.1 Å². The van der Waals surface area contributed by atoms with E-state index in [2.05, 4.69) is 15.4 Å². The second-order valence-electron chi connectivity index (χ2n) is 5.64. The zero-order valence-corrected chi connectivity index (χ0v) is 16.2. The number of hydrogen-bond acceptors (Lipinski definition) is 9. The Balaban J connectivity index is 1.68. The van der Waals surface area contributed by atoms with Gasteiger partial charge in [0.1, 0.15) is 0 Å². The molecular formula is C15H11N7O6Se. The molecule has 0 spiro atoms. The SMILES string of the molecule is O=[N+]([O-])c1ccc(C[Se]c2nnn(Cc3ccc([N+](=O)[O-])cc3[N+](=O)[O-])n2)cc1. The monoisotopic (exact) mass is 465 g/mol. The van der Waals surface area contributed by atoms with E-state index in [-0.39, 0.29) is 38.4 Å². The minimum absolute atomic E-state index is 0.00927. The Labute approximate surface area is 167 Å². The van der Waals surface area contributed by atoms with E-state index in [1.54, 1.807) is 12.1 Å². The van der Waals surface area contributed by atoms with Gasteiger partial charge in [-0.1, -0.05) is 0 Å². The first-order valence-corrected chi connectivity index (χ1v) is 9.96. The molecule has 3 rings (SSSR count). The summed E-state index contributed by atoms with van der Waals surface area (Å²) in [7, 11) is 0. The molecule has 13 nitrogen and oxygen atoms in total. The van der Waals surface area contributed by atoms with E-state index >= 15 is 0 Å². The number of non-ortho nitro benzene ring substituents is 2. The van der Waals surface area contributed by atoms with Crippen molar-refractivity contribution >= 4 is 36.7 Å². The quantitative estimate of drug-likeness (QED) is 0.267. The van der Waals surface area contributed by atoms with Crippen LogP contribution in [0.25, 0.3) is 0 Å². The van der Waals surface area contributed by atoms with Crippen LogP contribution in [0, 0.1) is 30.3 Å². The first kappa shape index (κ1) is 20.0. The third-order valence-corrected chi connectivity index (χ3v) is 5.62. The second kappa shape index (κ2) is 8.50. The van der Waals surface area contributed by atoms with Gasteiger partial charge in [-0.05, 0) is 0 Å². The van der Waals surface area contributed by atoms with Gasteiger partial charge in [0.2, 0.25) is 0 Å². The van der Waals surface area contributed by atoms with Crippen molar-refractivity contribution in [2.45, 2.75) is 11.9 Å². The Bertz CT molecular complexity index is 1090. The average molecular weight is 464 g/mol. The summed E-state index contributed by atoms with van der Waals surface area (Å²) in [4.78, 5) is 32.0. The molecule has 0 atom stereocenters. The third-order valence-electron chi connectivity index (χ3n) is 3.74. The van der Waals surface area contributed by atoms with Crippen LogP contribution in [0.2, 0.25) is 0 Å². The number of tetrazole rings is 1. The average Bonchev–Trinajstić information content (AvgIpc) is 3.14. The number of nitro benzene ring substituents is 3. The topological polar surface area (TPSA) is 173 Å². The summed E-state index contributed by atoms with van der Waals surface area (Å²) in [6.45, 7) is -0.0606. The molecule has 2 aromatic carbocycles. The van der Waals surface area contributed by atoms with Crippen molar-refractivity contribution in [2.75, 3.05) is 0 Å². The van der Waals surface area contributed by atoms with Gasteiger partial charge in [0, 0.05) is 0 Å². The molecule has 0 saturated carbocycles. The second-order valence-corrected chi connectivity index (χ2v) is 7.62. The number of rotatable bonds is 8. The molecule has 0 amide bonds. The zero-order valence-electron chi connectivity index (χ0n) is 14.4. The summed E-state index contributed by atoms with van der Waals surface area (Å²) in [6, 6.07) is 9.52. The van der Waals surface area contributed by atoms with Crippen LogP contribution < -0.4 is 4.72 Å². The van der Waals surface area contributed by atoms with Crippen molar-refractivity contribution in [1.29, 1.82) is 0 Å². The van der Waals surface area contributed by atoms with Gasteiger partial charge in [0.05, 0.1) is 0 Å². The fourth-order valence-electron chi connectivity index (χ4n) is 2.34. The number of nitro groups is 3. The minimum atomic E-state index is -0.705. The molecule has 1 heterocycles. The third kappa shape index (κ3) is 4.94. The van der Waals surface area contributed by atoms with Crippen LogP contribution in [0.5, 0.6) is 0 Å². The molecule has 0 aliphatic heterocycles. The summed E-state index contributed by atoms with van der Waals surface area (Å²) < 4.78 is 0.459. The van der Waals surface area contributed by atoms with Crippen LogP contribution in [0.15, 0.2) is 42.5 Å². The van der Waals surface area contributed by atoms with Crippen molar-refractivity contribution in [2.24, 2.45) is 0 Å². The van der Waals surface area contributed by atoms with Crippen molar-refractivity contribution < 1.29 is 14.8 Å². The summed E-state index contributed by atoms with van der Waals surface area (Å²) >= 11 is -0.199. The van der Waals surface area contributed by atoms with E-state index in [4.69, 9.17) is 0 Å². The normalized spacial score (nSPS) is 10.6. The molecule has 148 valence electrons. The van der Waals surface area contributed by atoms with Gasteiger partial charge in [-0.15, -0.1) is 0 Å². The fraction of sp³-hybridized carbons (Fsp3) is 0.133. The van der Waals surface area contributed by atoms with Gasteiger partial charge in [0.15, 0.2) is 0 Å². The fourth-order valence-corrected chi connectivity index (χ4v) is 3.88. The van der Waals surface area contributed by atoms with Crippen molar-refractivity contribution in [3.8, 4) is 0 Å². The number of hydrogen-bond donors (Lipinski definition) is 0. The first-order chi connectivity index (χ1) is 13.8. The Kier molecular flexibility index (Phi) is 5.85. The van der Waals surface area contributed by atoms with Crippen molar-refractivity contribution in [3.63, 3.8) is 0 Å². The maximum atomic E-state index is 11.2. The van der Waals surface area contributed by atoms with Gasteiger partial charge < -0.3 is 0 Å². The van der Waals surface area contributed by atoms with E-state index in [1.807, 2.05) is 0 Å². The Morgan fingerprint density at radius 3 is 2.17 bits per heavy atom. The standard InChI is InChI=1S/C15H11N7O6Se/c23-20(24)12-4-1-10(2-5-12)9-29-15-16-18-19(17-15)8-11-3-6-13(21(25)26)7-14(11)22(27)28/h1-7H,8-9H2. The maximum absolute atomic E-state index is 11.2. The van der Waals surface area contributed by atoms with E-state index in [0.29, 0.717) is 10.0 Å². The summed E-state index contributed by atoms with van der Waals surface area (Å²) in [5.74, 6) is 0. The van der Waals surface area contributed by atoms with E-state index in [1.165, 1.54) is 29.1 Å². The van der Waals surface area contributed by atoms with Crippen molar-refractivity contribution in [3.05, 3.63) is 83.9 Å². The molecule has 29 heavy (non-hydrogen) atoms. The Morgan fingerprint density at radius 2 is 1.55 bits per heavy atom. The Hall–Kier alpha value is -3.77. The molecule has 0 radical (unpaired) electrons. The molecule has 0 saturated heterocycles. The number of nitrogens with zero attached hydrogens (tertiary/aromatic N) is 7. The predicted octanol–water partition coefficient (Wildman–Crippen LogP) is 0.976. The molecule has 1 aromatic heterocycles. The van der Waals surface area contributed by atoms with Gasteiger partial charge in [0.25, 0.3) is 0 Å². The van der Waals surface area contributed by atoms with Crippen LogP contribution in [0.1, 0.15) is 11.1 Å². The van der Waals surface area contributed by atoms with Gasteiger partial charge in [-0.3, -0.25) is 0 Å². The molecule has 3 aromatic rings. The molecule has 0 N–H and O–H groups in total. The number of benzene rings is 2. The van der Waals surface area contributed by atoms with Crippen LogP contribution in [-0.4, -0.2) is 49.9 Å². The summed E-state index contributed by atoms with van der Waals surface area (Å²) in [5, 5.41) is 45.2. The van der Waals surface area contributed by atoms with E-state index < -0.39 is 20.5 Å². The van der Waals surface area contributed by atoms with Gasteiger partial charge >= 0.3 is 168 Å². The summed E-state index contributed by atoms with van der Waals surface area (Å²) in [6.07, 6.45) is 0. The van der Waals surface area contributed by atoms with Gasteiger partial charge in [-0.25, -0.2) is 0 Å². The van der Waals surface area contributed by atoms with E-state index in [0.717, 1.165) is 11.6 Å². The van der Waals surface area contributed by atoms with Crippen LogP contribution in [0.3, 0.4) is 0 Å². The molecule has 0 bridgehead atoms. The first-order valence-electron chi connectivity index (χ1n) is 7.89. The zero-order chi connectivity index (χ0) is 21.0. The predicted molar refractivity (Wildman–Crippen MR) is 98.9 cm³/mol. The molecular weight excluding hydrogens is 453 g/mol. The van der Waals surface area contributed by atoms with Crippen LogP contribution in [-0.2, 0) is 11.9 Å². The van der Waals surface area contributed by atoms with E-state index in [9.17, 15) is 30.3 Å². The van der Waals surface area contributed by atoms with Crippen LogP contribution >= 0.6 is 0 Å². The molecule has 0 fully saturated rings. The molecule has 0 aliphatic carbocycles. The summed E-state index contributed by atoms with van der Waals surface area (Å²) in [5.41, 5.74) is 0.342. The number of aromatic nitrogens is 4. The molecule has 0 aliphatic rings. The van der Waals surface area contributed by atoms with Crippen molar-refractivity contribution in [1.82, 2.24) is 20.2 Å². The molecule has 14 heteroatoms. The Morgan fingerprint density at radius 1 is 0.897 bits per heavy atom. The molecule has 0 unspecified atom stereocenters. The van der Waals surface area contributed by atoms with Gasteiger partial charge in [-0.2, -0.15) is 0 Å².